The second kappa shape index (κ2) is 5.81. The summed E-state index contributed by atoms with van der Waals surface area (Å²) in [6.45, 7) is 0.719. The Kier molecular flexibility index (Phi) is 3.90. The predicted molar refractivity (Wildman–Crippen MR) is 69.4 cm³/mol. The molecule has 0 bridgehead atoms. The van der Waals surface area contributed by atoms with E-state index in [0.717, 1.165) is 18.7 Å². The van der Waals surface area contributed by atoms with Crippen molar-refractivity contribution in [1.29, 1.82) is 0 Å². The van der Waals surface area contributed by atoms with Crippen LogP contribution < -0.4 is 15.8 Å². The fourth-order valence-electron chi connectivity index (χ4n) is 1.50. The second-order valence-corrected chi connectivity index (χ2v) is 3.65. The maximum Gasteiger partial charge on any atom is 0.225 e. The fraction of sp³-hybridized carbons (Fsp3) is 0.250. The van der Waals surface area contributed by atoms with Crippen molar-refractivity contribution in [2.75, 3.05) is 24.7 Å². The van der Waals surface area contributed by atoms with Crippen molar-refractivity contribution >= 4 is 11.8 Å². The number of nitrogens with zero attached hydrogens (tertiary/aromatic N) is 3. The number of nitrogens with one attached hydrogen (secondary N) is 1. The van der Waals surface area contributed by atoms with Crippen LogP contribution in [0.1, 0.15) is 5.69 Å². The van der Waals surface area contributed by atoms with Crippen molar-refractivity contribution in [2.24, 2.45) is 0 Å². The van der Waals surface area contributed by atoms with Gasteiger partial charge in [0.2, 0.25) is 11.8 Å². The van der Waals surface area contributed by atoms with Crippen molar-refractivity contribution in [1.82, 2.24) is 15.0 Å². The molecule has 0 aliphatic rings. The summed E-state index contributed by atoms with van der Waals surface area (Å²) in [6, 6.07) is 7.55. The van der Waals surface area contributed by atoms with Crippen molar-refractivity contribution in [3.8, 4) is 5.88 Å². The standard InChI is InChI=1S/C12H15N5O/c1-18-11-8-10(16-12(13)17-11)15-7-5-9-4-2-3-6-14-9/h2-4,6,8H,5,7H2,1H3,(H3,13,15,16,17). The molecule has 94 valence electrons. The lowest BCUT2D eigenvalue weighted by molar-refractivity contribution is 0.398. The highest BCUT2D eigenvalue weighted by Gasteiger charge is 2.02. The minimum absolute atomic E-state index is 0.190. The number of hydrogen-bond donors (Lipinski definition) is 2. The largest absolute Gasteiger partial charge is 0.481 e. The first kappa shape index (κ1) is 12.1. The first-order valence-corrected chi connectivity index (χ1v) is 5.60. The molecule has 2 aromatic rings. The molecule has 0 aliphatic heterocycles. The molecule has 0 unspecified atom stereocenters. The molecular weight excluding hydrogens is 230 g/mol. The van der Waals surface area contributed by atoms with Gasteiger partial charge in [0, 0.05) is 30.9 Å². The van der Waals surface area contributed by atoms with Crippen molar-refractivity contribution in [2.45, 2.75) is 6.42 Å². The Morgan fingerprint density at radius 3 is 2.94 bits per heavy atom. The molecular formula is C12H15N5O. The van der Waals surface area contributed by atoms with E-state index in [1.807, 2.05) is 18.2 Å². The molecule has 18 heavy (non-hydrogen) atoms. The van der Waals surface area contributed by atoms with E-state index in [4.69, 9.17) is 10.5 Å². The summed E-state index contributed by atoms with van der Waals surface area (Å²) in [6.07, 6.45) is 2.59. The van der Waals surface area contributed by atoms with E-state index in [1.54, 1.807) is 19.4 Å². The summed E-state index contributed by atoms with van der Waals surface area (Å²) in [5.41, 5.74) is 6.59. The van der Waals surface area contributed by atoms with E-state index < -0.39 is 0 Å². The van der Waals surface area contributed by atoms with Gasteiger partial charge in [-0.1, -0.05) is 6.07 Å². The zero-order valence-corrected chi connectivity index (χ0v) is 10.1. The van der Waals surface area contributed by atoms with Crippen LogP contribution in [0.2, 0.25) is 0 Å². The molecule has 0 amide bonds. The average Bonchev–Trinajstić information content (AvgIpc) is 2.39. The smallest absolute Gasteiger partial charge is 0.225 e. The summed E-state index contributed by atoms with van der Waals surface area (Å²) in [7, 11) is 1.54. The van der Waals surface area contributed by atoms with Crippen LogP contribution in [0.15, 0.2) is 30.5 Å². The number of nitrogen functional groups attached to an aromatic ring is 1. The number of anilines is 2. The van der Waals surface area contributed by atoms with Crippen LogP contribution in [-0.4, -0.2) is 28.6 Å². The first-order chi connectivity index (χ1) is 8.78. The van der Waals surface area contributed by atoms with E-state index in [1.165, 1.54) is 0 Å². The maximum absolute atomic E-state index is 5.56. The lowest BCUT2D eigenvalue weighted by Crippen LogP contribution is -2.09. The predicted octanol–water partition coefficient (Wildman–Crippen LogP) is 1.12. The van der Waals surface area contributed by atoms with Gasteiger partial charge in [-0.3, -0.25) is 4.98 Å². The lowest BCUT2D eigenvalue weighted by Gasteiger charge is -2.07. The third-order valence-electron chi connectivity index (χ3n) is 2.34. The molecule has 3 N–H and O–H groups in total. The summed E-state index contributed by atoms with van der Waals surface area (Å²) in [5.74, 6) is 1.29. The number of hydrogen-bond acceptors (Lipinski definition) is 6. The molecule has 6 nitrogen and oxygen atoms in total. The third-order valence-corrected chi connectivity index (χ3v) is 2.34. The van der Waals surface area contributed by atoms with Gasteiger partial charge in [0.25, 0.3) is 0 Å². The van der Waals surface area contributed by atoms with Crippen molar-refractivity contribution in [3.63, 3.8) is 0 Å². The monoisotopic (exact) mass is 245 g/mol. The van der Waals surface area contributed by atoms with Gasteiger partial charge < -0.3 is 15.8 Å². The Hall–Kier alpha value is -2.37. The Labute approximate surface area is 105 Å². The van der Waals surface area contributed by atoms with Gasteiger partial charge in [-0.25, -0.2) is 0 Å². The molecule has 6 heteroatoms. The second-order valence-electron chi connectivity index (χ2n) is 3.65. The zero-order chi connectivity index (χ0) is 12.8. The molecule has 2 rings (SSSR count). The Morgan fingerprint density at radius 1 is 1.33 bits per heavy atom. The fourth-order valence-corrected chi connectivity index (χ4v) is 1.50. The van der Waals surface area contributed by atoms with Gasteiger partial charge in [0.05, 0.1) is 7.11 Å². The van der Waals surface area contributed by atoms with Gasteiger partial charge in [-0.15, -0.1) is 0 Å². The number of ether oxygens (including phenoxy) is 1. The zero-order valence-electron chi connectivity index (χ0n) is 10.1. The highest BCUT2D eigenvalue weighted by atomic mass is 16.5. The van der Waals surface area contributed by atoms with Gasteiger partial charge in [-0.05, 0) is 12.1 Å². The molecule has 0 aromatic carbocycles. The van der Waals surface area contributed by atoms with Crippen LogP contribution in [0.25, 0.3) is 0 Å². The SMILES string of the molecule is COc1cc(NCCc2ccccn2)nc(N)n1. The number of rotatable bonds is 5. The maximum atomic E-state index is 5.56. The number of nitrogens with two attached hydrogens (primary N) is 1. The Morgan fingerprint density at radius 2 is 2.22 bits per heavy atom. The first-order valence-electron chi connectivity index (χ1n) is 5.60. The van der Waals surface area contributed by atoms with Gasteiger partial charge in [0.15, 0.2) is 0 Å². The minimum atomic E-state index is 0.190. The Balaban J connectivity index is 1.92. The highest BCUT2D eigenvalue weighted by molar-refractivity contribution is 5.42. The van der Waals surface area contributed by atoms with E-state index in [0.29, 0.717) is 11.7 Å². The van der Waals surface area contributed by atoms with Gasteiger partial charge in [0.1, 0.15) is 5.82 Å². The van der Waals surface area contributed by atoms with E-state index >= 15 is 0 Å². The van der Waals surface area contributed by atoms with Crippen LogP contribution in [0, 0.1) is 0 Å². The summed E-state index contributed by atoms with van der Waals surface area (Å²) in [5, 5.41) is 3.16. The van der Waals surface area contributed by atoms with E-state index in [2.05, 4.69) is 20.3 Å². The highest BCUT2D eigenvalue weighted by Crippen LogP contribution is 2.13. The molecule has 0 spiro atoms. The number of aromatic nitrogens is 3. The van der Waals surface area contributed by atoms with Crippen molar-refractivity contribution in [3.05, 3.63) is 36.2 Å². The van der Waals surface area contributed by atoms with Crippen LogP contribution in [0.5, 0.6) is 5.88 Å². The molecule has 2 aromatic heterocycles. The molecule has 2 heterocycles. The van der Waals surface area contributed by atoms with Crippen LogP contribution in [0.3, 0.4) is 0 Å². The summed E-state index contributed by atoms with van der Waals surface area (Å²) >= 11 is 0. The minimum Gasteiger partial charge on any atom is -0.481 e. The summed E-state index contributed by atoms with van der Waals surface area (Å²) < 4.78 is 5.02. The van der Waals surface area contributed by atoms with E-state index in [9.17, 15) is 0 Å². The molecule has 0 saturated carbocycles. The quantitative estimate of drug-likeness (QED) is 0.820. The van der Waals surface area contributed by atoms with E-state index in [-0.39, 0.29) is 5.95 Å². The molecule has 0 aliphatic carbocycles. The topological polar surface area (TPSA) is 86.0 Å². The lowest BCUT2D eigenvalue weighted by atomic mass is 10.3. The number of pyridine rings is 1. The molecule has 0 atom stereocenters. The van der Waals surface area contributed by atoms with Gasteiger partial charge >= 0.3 is 0 Å². The van der Waals surface area contributed by atoms with Gasteiger partial charge in [-0.2, -0.15) is 9.97 Å². The van der Waals surface area contributed by atoms with Crippen molar-refractivity contribution < 1.29 is 4.74 Å². The van der Waals surface area contributed by atoms with Crippen LogP contribution in [-0.2, 0) is 6.42 Å². The molecule has 0 saturated heterocycles. The molecule has 0 fully saturated rings. The van der Waals surface area contributed by atoms with Crippen LogP contribution >= 0.6 is 0 Å². The summed E-state index contributed by atoms with van der Waals surface area (Å²) in [4.78, 5) is 12.2. The Bertz CT molecular complexity index is 503. The van der Waals surface area contributed by atoms with Crippen LogP contribution in [0.4, 0.5) is 11.8 Å². The molecule has 0 radical (unpaired) electrons. The average molecular weight is 245 g/mol. The normalized spacial score (nSPS) is 10.1. The third kappa shape index (κ3) is 3.31. The number of methoxy groups -OCH3 is 1.